The molecule has 2 N–H and O–H groups in total. The summed E-state index contributed by atoms with van der Waals surface area (Å²) in [4.78, 5) is 17.2. The van der Waals surface area contributed by atoms with Crippen LogP contribution >= 0.6 is 23.1 Å². The van der Waals surface area contributed by atoms with E-state index in [4.69, 9.17) is 4.42 Å². The van der Waals surface area contributed by atoms with Crippen molar-refractivity contribution in [2.45, 2.75) is 9.43 Å². The second-order valence-corrected chi connectivity index (χ2v) is 8.87. The SMILES string of the molecule is O=C(NN=Cc1ccc(Sc2nc3ccccc3s2)o1)c1c(O)ccc2ccccc12. The lowest BCUT2D eigenvalue weighted by molar-refractivity contribution is 0.0954. The van der Waals surface area contributed by atoms with Gasteiger partial charge in [-0.05, 0) is 52.9 Å². The van der Waals surface area contributed by atoms with Crippen LogP contribution in [0, 0.1) is 0 Å². The number of phenols is 1. The predicted molar refractivity (Wildman–Crippen MR) is 123 cm³/mol. The average molecular weight is 446 g/mol. The number of hydrogen-bond donors (Lipinski definition) is 2. The molecule has 1 amide bonds. The molecule has 5 rings (SSSR count). The van der Waals surface area contributed by atoms with E-state index < -0.39 is 5.91 Å². The van der Waals surface area contributed by atoms with E-state index in [0.29, 0.717) is 16.2 Å². The Bertz CT molecular complexity index is 1410. The fourth-order valence-electron chi connectivity index (χ4n) is 3.15. The standard InChI is InChI=1S/C23H15N3O3S2/c27-18-11-9-14-5-1-2-6-16(14)21(18)22(28)26-24-13-15-10-12-20(29-15)31-23-25-17-7-3-4-8-19(17)30-23/h1-13,27H,(H,26,28). The van der Waals surface area contributed by atoms with Gasteiger partial charge in [0.15, 0.2) is 9.43 Å². The first-order chi connectivity index (χ1) is 15.2. The molecule has 2 heterocycles. The number of aromatic hydroxyl groups is 1. The molecule has 0 bridgehead atoms. The van der Waals surface area contributed by atoms with Crippen molar-refractivity contribution in [2.75, 3.05) is 0 Å². The van der Waals surface area contributed by atoms with Crippen molar-refractivity contribution in [1.82, 2.24) is 10.4 Å². The highest BCUT2D eigenvalue weighted by Crippen LogP contribution is 2.35. The van der Waals surface area contributed by atoms with Gasteiger partial charge in [0.1, 0.15) is 11.5 Å². The summed E-state index contributed by atoms with van der Waals surface area (Å²) in [6.45, 7) is 0. The molecule has 8 heteroatoms. The lowest BCUT2D eigenvalue weighted by atomic mass is 10.0. The van der Waals surface area contributed by atoms with Crippen molar-refractivity contribution in [2.24, 2.45) is 5.10 Å². The minimum absolute atomic E-state index is 0.0982. The molecule has 0 unspecified atom stereocenters. The third-order valence-electron chi connectivity index (χ3n) is 4.56. The zero-order valence-corrected chi connectivity index (χ0v) is 17.6. The number of furan rings is 1. The van der Waals surface area contributed by atoms with Gasteiger partial charge in [0.25, 0.3) is 5.91 Å². The van der Waals surface area contributed by atoms with E-state index >= 15 is 0 Å². The first-order valence-corrected chi connectivity index (χ1v) is 11.0. The number of para-hydroxylation sites is 1. The van der Waals surface area contributed by atoms with E-state index in [1.54, 1.807) is 29.5 Å². The predicted octanol–water partition coefficient (Wildman–Crippen LogP) is 5.66. The van der Waals surface area contributed by atoms with Gasteiger partial charge in [-0.1, -0.05) is 42.5 Å². The Hall–Kier alpha value is -3.62. The van der Waals surface area contributed by atoms with Gasteiger partial charge in [-0.25, -0.2) is 10.4 Å². The smallest absolute Gasteiger partial charge is 0.275 e. The fraction of sp³-hybridized carbons (Fsp3) is 0. The van der Waals surface area contributed by atoms with Crippen LogP contribution in [-0.4, -0.2) is 22.2 Å². The van der Waals surface area contributed by atoms with Crippen molar-refractivity contribution in [1.29, 1.82) is 0 Å². The molecule has 0 fully saturated rings. The van der Waals surface area contributed by atoms with E-state index in [9.17, 15) is 9.90 Å². The van der Waals surface area contributed by atoms with Gasteiger partial charge in [-0.15, -0.1) is 11.3 Å². The number of fused-ring (bicyclic) bond motifs is 2. The largest absolute Gasteiger partial charge is 0.507 e. The monoisotopic (exact) mass is 445 g/mol. The third-order valence-corrected chi connectivity index (χ3v) is 6.57. The molecule has 0 saturated carbocycles. The first kappa shape index (κ1) is 19.3. The summed E-state index contributed by atoms with van der Waals surface area (Å²) in [6.07, 6.45) is 1.42. The Balaban J connectivity index is 1.28. The Labute approximate surface area is 185 Å². The molecule has 0 atom stereocenters. The normalized spacial score (nSPS) is 11.5. The van der Waals surface area contributed by atoms with Crippen LogP contribution in [0.4, 0.5) is 0 Å². The maximum absolute atomic E-state index is 12.6. The summed E-state index contributed by atoms with van der Waals surface area (Å²) >= 11 is 3.03. The number of amides is 1. The Morgan fingerprint density at radius 2 is 1.90 bits per heavy atom. The molecule has 0 spiro atoms. The van der Waals surface area contributed by atoms with Gasteiger partial charge in [-0.3, -0.25) is 4.79 Å². The second kappa shape index (κ2) is 8.25. The molecule has 0 aliphatic rings. The molecule has 152 valence electrons. The van der Waals surface area contributed by atoms with Gasteiger partial charge >= 0.3 is 0 Å². The van der Waals surface area contributed by atoms with Crippen LogP contribution in [0.2, 0.25) is 0 Å². The van der Waals surface area contributed by atoms with Gasteiger partial charge in [0.2, 0.25) is 0 Å². The first-order valence-electron chi connectivity index (χ1n) is 9.35. The van der Waals surface area contributed by atoms with Gasteiger partial charge < -0.3 is 9.52 Å². The fourth-order valence-corrected chi connectivity index (χ4v) is 5.12. The zero-order chi connectivity index (χ0) is 21.2. The third kappa shape index (κ3) is 4.03. The Morgan fingerprint density at radius 3 is 2.81 bits per heavy atom. The highest BCUT2D eigenvalue weighted by Gasteiger charge is 2.14. The molecular weight excluding hydrogens is 430 g/mol. The summed E-state index contributed by atoms with van der Waals surface area (Å²) in [5, 5.41) is 16.3. The van der Waals surface area contributed by atoms with Crippen LogP contribution < -0.4 is 5.43 Å². The maximum Gasteiger partial charge on any atom is 0.275 e. The second-order valence-electron chi connectivity index (χ2n) is 6.59. The number of aromatic nitrogens is 1. The highest BCUT2D eigenvalue weighted by molar-refractivity contribution is 8.01. The summed E-state index contributed by atoms with van der Waals surface area (Å²) < 4.78 is 7.76. The van der Waals surface area contributed by atoms with Crippen LogP contribution in [0.1, 0.15) is 16.1 Å². The van der Waals surface area contributed by atoms with Crippen molar-refractivity contribution in [3.63, 3.8) is 0 Å². The van der Waals surface area contributed by atoms with Crippen LogP contribution in [0.15, 0.2) is 91.7 Å². The summed E-state index contributed by atoms with van der Waals surface area (Å²) in [6, 6.07) is 22.2. The summed E-state index contributed by atoms with van der Waals surface area (Å²) in [5.41, 5.74) is 3.59. The molecule has 6 nitrogen and oxygen atoms in total. The Kier molecular flexibility index (Phi) is 5.15. The maximum atomic E-state index is 12.6. The number of nitrogens with one attached hydrogen (secondary N) is 1. The van der Waals surface area contributed by atoms with Crippen molar-refractivity contribution in [3.8, 4) is 5.75 Å². The molecule has 0 aliphatic heterocycles. The van der Waals surface area contributed by atoms with Crippen LogP contribution in [0.5, 0.6) is 5.75 Å². The molecule has 0 radical (unpaired) electrons. The number of carbonyl (C=O) groups is 1. The van der Waals surface area contributed by atoms with E-state index in [1.807, 2.05) is 48.5 Å². The minimum Gasteiger partial charge on any atom is -0.507 e. The van der Waals surface area contributed by atoms with Crippen LogP contribution in [-0.2, 0) is 0 Å². The zero-order valence-electron chi connectivity index (χ0n) is 16.0. The van der Waals surface area contributed by atoms with Crippen molar-refractivity contribution >= 4 is 56.2 Å². The van der Waals surface area contributed by atoms with E-state index in [1.165, 1.54) is 24.0 Å². The van der Waals surface area contributed by atoms with E-state index in [0.717, 1.165) is 19.9 Å². The number of nitrogens with zero attached hydrogens (tertiary/aromatic N) is 2. The van der Waals surface area contributed by atoms with E-state index in [-0.39, 0.29) is 11.3 Å². The van der Waals surface area contributed by atoms with Gasteiger partial charge in [-0.2, -0.15) is 5.10 Å². The number of hydrogen-bond acceptors (Lipinski definition) is 7. The molecule has 0 saturated heterocycles. The number of rotatable bonds is 5. The highest BCUT2D eigenvalue weighted by atomic mass is 32.2. The summed E-state index contributed by atoms with van der Waals surface area (Å²) in [5.74, 6) is -0.105. The quantitative estimate of drug-likeness (QED) is 0.269. The lowest BCUT2D eigenvalue weighted by Gasteiger charge is -2.07. The molecule has 0 aliphatic carbocycles. The minimum atomic E-state index is -0.499. The molecule has 2 aromatic heterocycles. The van der Waals surface area contributed by atoms with E-state index in [2.05, 4.69) is 15.5 Å². The molecule has 31 heavy (non-hydrogen) atoms. The van der Waals surface area contributed by atoms with Crippen LogP contribution in [0.3, 0.4) is 0 Å². The lowest BCUT2D eigenvalue weighted by Crippen LogP contribution is -2.18. The molecule has 5 aromatic rings. The number of thiazole rings is 1. The summed E-state index contributed by atoms with van der Waals surface area (Å²) in [7, 11) is 0. The van der Waals surface area contributed by atoms with Crippen LogP contribution in [0.25, 0.3) is 21.0 Å². The molecule has 3 aromatic carbocycles. The van der Waals surface area contributed by atoms with Crippen molar-refractivity contribution in [3.05, 3.63) is 84.1 Å². The van der Waals surface area contributed by atoms with Gasteiger partial charge in [0.05, 0.1) is 22.0 Å². The number of carbonyl (C=O) groups excluding carboxylic acids is 1. The number of benzene rings is 3. The Morgan fingerprint density at radius 1 is 1.06 bits per heavy atom. The average Bonchev–Trinajstić information content (AvgIpc) is 3.39. The molecular formula is C23H15N3O3S2. The van der Waals surface area contributed by atoms with Crippen molar-refractivity contribution < 1.29 is 14.3 Å². The number of phenolic OH excluding ortho intramolecular Hbond substituents is 1. The topological polar surface area (TPSA) is 87.7 Å². The van der Waals surface area contributed by atoms with Gasteiger partial charge in [0, 0.05) is 0 Å². The number of hydrazone groups is 1.